The number of benzene rings is 2. The predicted octanol–water partition coefficient (Wildman–Crippen LogP) is 5.36. The second-order valence-electron chi connectivity index (χ2n) is 4.79. The van der Waals surface area contributed by atoms with Crippen molar-refractivity contribution in [3.63, 3.8) is 0 Å². The quantitative estimate of drug-likeness (QED) is 0.609. The van der Waals surface area contributed by atoms with Crippen LogP contribution in [0.25, 0.3) is 28.2 Å². The van der Waals surface area contributed by atoms with Crippen molar-refractivity contribution in [2.75, 3.05) is 0 Å². The van der Waals surface area contributed by atoms with Crippen LogP contribution in [-0.4, -0.2) is 5.78 Å². The first-order chi connectivity index (χ1) is 10.1. The van der Waals surface area contributed by atoms with Gasteiger partial charge in [0, 0.05) is 16.0 Å². The molecule has 2 nitrogen and oxygen atoms in total. The standard InChI is InChI=1S/C18H13ClO2/c1-12(20)7-9-17-18(13-5-3-2-4-6-13)15-11-14(19)8-10-16(15)21-17/h2-11H,1H3/b9-7+. The van der Waals surface area contributed by atoms with E-state index in [1.54, 1.807) is 12.1 Å². The number of furan rings is 1. The van der Waals surface area contributed by atoms with Crippen LogP contribution in [0.4, 0.5) is 0 Å². The molecule has 0 saturated carbocycles. The van der Waals surface area contributed by atoms with Crippen LogP contribution in [0.3, 0.4) is 0 Å². The van der Waals surface area contributed by atoms with Gasteiger partial charge in [-0.3, -0.25) is 4.79 Å². The maximum absolute atomic E-state index is 11.2. The lowest BCUT2D eigenvalue weighted by atomic mass is 10.0. The van der Waals surface area contributed by atoms with Gasteiger partial charge in [-0.1, -0.05) is 41.9 Å². The Morgan fingerprint density at radius 1 is 1.14 bits per heavy atom. The molecular weight excluding hydrogens is 284 g/mol. The molecule has 0 radical (unpaired) electrons. The molecule has 0 aliphatic rings. The predicted molar refractivity (Wildman–Crippen MR) is 86.4 cm³/mol. The Morgan fingerprint density at radius 3 is 2.62 bits per heavy atom. The number of ketones is 1. The van der Waals surface area contributed by atoms with E-state index in [9.17, 15) is 4.79 Å². The van der Waals surface area contributed by atoms with Crippen molar-refractivity contribution in [2.45, 2.75) is 6.92 Å². The number of hydrogen-bond donors (Lipinski definition) is 0. The number of hydrogen-bond acceptors (Lipinski definition) is 2. The van der Waals surface area contributed by atoms with Gasteiger partial charge in [0.05, 0.1) is 0 Å². The van der Waals surface area contributed by atoms with Crippen LogP contribution in [0.5, 0.6) is 0 Å². The van der Waals surface area contributed by atoms with Crippen LogP contribution in [0.15, 0.2) is 59.0 Å². The zero-order valence-corrected chi connectivity index (χ0v) is 12.2. The number of carbonyl (C=O) groups excluding carboxylic acids is 1. The molecule has 0 N–H and O–H groups in total. The highest BCUT2D eigenvalue weighted by Gasteiger charge is 2.14. The van der Waals surface area contributed by atoms with Crippen LogP contribution < -0.4 is 0 Å². The summed E-state index contributed by atoms with van der Waals surface area (Å²) in [6.07, 6.45) is 3.21. The summed E-state index contributed by atoms with van der Waals surface area (Å²) >= 11 is 6.10. The van der Waals surface area contributed by atoms with Crippen molar-refractivity contribution in [3.8, 4) is 11.1 Å². The highest BCUT2D eigenvalue weighted by Crippen LogP contribution is 2.36. The second-order valence-corrected chi connectivity index (χ2v) is 5.23. The molecule has 104 valence electrons. The van der Waals surface area contributed by atoms with E-state index in [0.29, 0.717) is 10.8 Å². The SMILES string of the molecule is CC(=O)/C=C/c1oc2ccc(Cl)cc2c1-c1ccccc1. The van der Waals surface area contributed by atoms with E-state index in [1.807, 2.05) is 42.5 Å². The molecule has 0 amide bonds. The number of fused-ring (bicyclic) bond motifs is 1. The zero-order valence-electron chi connectivity index (χ0n) is 11.5. The van der Waals surface area contributed by atoms with Gasteiger partial charge in [0.2, 0.25) is 0 Å². The summed E-state index contributed by atoms with van der Waals surface area (Å²) in [5, 5.41) is 1.60. The first-order valence-corrected chi connectivity index (χ1v) is 6.99. The fourth-order valence-electron chi connectivity index (χ4n) is 2.30. The molecule has 0 aliphatic carbocycles. The van der Waals surface area contributed by atoms with Crippen LogP contribution in [0.1, 0.15) is 12.7 Å². The summed E-state index contributed by atoms with van der Waals surface area (Å²) < 4.78 is 5.86. The molecule has 0 atom stereocenters. The van der Waals surface area contributed by atoms with Crippen LogP contribution in [0, 0.1) is 0 Å². The minimum Gasteiger partial charge on any atom is -0.456 e. The maximum atomic E-state index is 11.2. The summed E-state index contributed by atoms with van der Waals surface area (Å²) in [6.45, 7) is 1.51. The van der Waals surface area contributed by atoms with Gasteiger partial charge < -0.3 is 4.42 Å². The fourth-order valence-corrected chi connectivity index (χ4v) is 2.47. The Balaban J connectivity index is 2.29. The second kappa shape index (κ2) is 5.58. The summed E-state index contributed by atoms with van der Waals surface area (Å²) in [5.41, 5.74) is 2.73. The van der Waals surface area contributed by atoms with Gasteiger partial charge in [-0.25, -0.2) is 0 Å². The number of allylic oxidation sites excluding steroid dienone is 1. The largest absolute Gasteiger partial charge is 0.456 e. The number of rotatable bonds is 3. The molecule has 0 saturated heterocycles. The highest BCUT2D eigenvalue weighted by molar-refractivity contribution is 6.31. The molecular formula is C18H13ClO2. The van der Waals surface area contributed by atoms with E-state index in [-0.39, 0.29) is 5.78 Å². The van der Waals surface area contributed by atoms with Gasteiger partial charge >= 0.3 is 0 Å². The van der Waals surface area contributed by atoms with Crippen molar-refractivity contribution in [2.24, 2.45) is 0 Å². The van der Waals surface area contributed by atoms with E-state index in [2.05, 4.69) is 0 Å². The summed E-state index contributed by atoms with van der Waals surface area (Å²) in [4.78, 5) is 11.2. The first-order valence-electron chi connectivity index (χ1n) is 6.61. The number of carbonyl (C=O) groups is 1. The highest BCUT2D eigenvalue weighted by atomic mass is 35.5. The molecule has 0 bridgehead atoms. The van der Waals surface area contributed by atoms with Gasteiger partial charge in [-0.15, -0.1) is 0 Å². The van der Waals surface area contributed by atoms with Crippen molar-refractivity contribution in [1.29, 1.82) is 0 Å². The normalized spacial score (nSPS) is 11.3. The minimum absolute atomic E-state index is 0.0208. The Hall–Kier alpha value is -2.32. The van der Waals surface area contributed by atoms with Gasteiger partial charge in [0.1, 0.15) is 11.3 Å². The molecule has 1 aromatic heterocycles. The topological polar surface area (TPSA) is 30.2 Å². The molecule has 3 heteroatoms. The molecule has 1 heterocycles. The molecule has 3 aromatic rings. The summed E-state index contributed by atoms with van der Waals surface area (Å²) in [7, 11) is 0. The van der Waals surface area contributed by atoms with Gasteiger partial charge in [0.25, 0.3) is 0 Å². The fraction of sp³-hybridized carbons (Fsp3) is 0.0556. The Kier molecular flexibility index (Phi) is 3.63. The third kappa shape index (κ3) is 2.76. The van der Waals surface area contributed by atoms with Crippen molar-refractivity contribution < 1.29 is 9.21 Å². The Bertz CT molecular complexity index is 829. The van der Waals surface area contributed by atoms with Crippen LogP contribution in [0.2, 0.25) is 5.02 Å². The average molecular weight is 297 g/mol. The van der Waals surface area contributed by atoms with Crippen LogP contribution >= 0.6 is 11.6 Å². The Labute approximate surface area is 127 Å². The van der Waals surface area contributed by atoms with E-state index in [1.165, 1.54) is 13.0 Å². The molecule has 0 unspecified atom stereocenters. The molecule has 3 rings (SSSR count). The first kappa shape index (κ1) is 13.7. The van der Waals surface area contributed by atoms with E-state index >= 15 is 0 Å². The lowest BCUT2D eigenvalue weighted by molar-refractivity contribution is -0.112. The zero-order chi connectivity index (χ0) is 14.8. The third-order valence-corrected chi connectivity index (χ3v) is 3.44. The lowest BCUT2D eigenvalue weighted by Gasteiger charge is -2.00. The molecule has 0 aliphatic heterocycles. The maximum Gasteiger partial charge on any atom is 0.152 e. The van der Waals surface area contributed by atoms with E-state index < -0.39 is 0 Å². The molecule has 21 heavy (non-hydrogen) atoms. The summed E-state index contributed by atoms with van der Waals surface area (Å²) in [5.74, 6) is 0.640. The number of halogens is 1. The minimum atomic E-state index is -0.0208. The molecule has 2 aromatic carbocycles. The van der Waals surface area contributed by atoms with Gasteiger partial charge in [-0.05, 0) is 42.8 Å². The average Bonchev–Trinajstić information content (AvgIpc) is 2.83. The van der Waals surface area contributed by atoms with E-state index in [0.717, 1.165) is 22.1 Å². The van der Waals surface area contributed by atoms with Crippen LogP contribution in [-0.2, 0) is 4.79 Å². The monoisotopic (exact) mass is 296 g/mol. The van der Waals surface area contributed by atoms with Crippen molar-refractivity contribution in [3.05, 3.63) is 65.4 Å². The molecule has 0 fully saturated rings. The van der Waals surface area contributed by atoms with Gasteiger partial charge in [-0.2, -0.15) is 0 Å². The van der Waals surface area contributed by atoms with Crippen molar-refractivity contribution in [1.82, 2.24) is 0 Å². The lowest BCUT2D eigenvalue weighted by Crippen LogP contribution is -1.82. The third-order valence-electron chi connectivity index (χ3n) is 3.21. The molecule has 0 spiro atoms. The Morgan fingerprint density at radius 2 is 1.90 bits per heavy atom. The van der Waals surface area contributed by atoms with E-state index in [4.69, 9.17) is 16.0 Å². The van der Waals surface area contributed by atoms with Gasteiger partial charge in [0.15, 0.2) is 5.78 Å². The summed E-state index contributed by atoms with van der Waals surface area (Å²) in [6, 6.07) is 15.4. The van der Waals surface area contributed by atoms with Crippen molar-refractivity contribution >= 4 is 34.4 Å². The smallest absolute Gasteiger partial charge is 0.152 e.